The van der Waals surface area contributed by atoms with Crippen LogP contribution < -0.4 is 10.2 Å². The highest BCUT2D eigenvalue weighted by atomic mass is 16.2. The van der Waals surface area contributed by atoms with E-state index in [1.807, 2.05) is 11.0 Å². The van der Waals surface area contributed by atoms with E-state index in [2.05, 4.69) is 35.5 Å². The van der Waals surface area contributed by atoms with Crippen molar-refractivity contribution in [3.05, 3.63) is 29.8 Å². The van der Waals surface area contributed by atoms with E-state index in [4.69, 9.17) is 0 Å². The van der Waals surface area contributed by atoms with Crippen molar-refractivity contribution < 1.29 is 4.79 Å². The molecular formula is C19H27N3O. The number of para-hydroxylation sites is 1. The number of likely N-dealkylation sites (N-methyl/N-ethyl adjacent to an activating group) is 1. The Morgan fingerprint density at radius 1 is 1.26 bits per heavy atom. The number of hydrogen-bond acceptors (Lipinski definition) is 3. The Morgan fingerprint density at radius 2 is 2.00 bits per heavy atom. The summed E-state index contributed by atoms with van der Waals surface area (Å²) in [5.41, 5.74) is 2.44. The second-order valence-electron chi connectivity index (χ2n) is 7.46. The minimum Gasteiger partial charge on any atom is -0.311 e. The summed E-state index contributed by atoms with van der Waals surface area (Å²) in [4.78, 5) is 17.2. The number of benzene rings is 1. The number of nitrogens with zero attached hydrogens (tertiary/aromatic N) is 2. The largest absolute Gasteiger partial charge is 0.311 e. The molecule has 23 heavy (non-hydrogen) atoms. The average Bonchev–Trinajstić information content (AvgIpc) is 2.92. The summed E-state index contributed by atoms with van der Waals surface area (Å²) in [6, 6.07) is 10.3. The summed E-state index contributed by atoms with van der Waals surface area (Å²) in [6.45, 7) is 1.40. The lowest BCUT2D eigenvalue weighted by molar-refractivity contribution is -0.120. The normalized spacial score (nSPS) is 29.7. The lowest BCUT2D eigenvalue weighted by atomic mass is 9.98. The zero-order valence-corrected chi connectivity index (χ0v) is 14.0. The van der Waals surface area contributed by atoms with Crippen molar-refractivity contribution in [2.75, 3.05) is 25.0 Å². The van der Waals surface area contributed by atoms with Crippen molar-refractivity contribution in [1.29, 1.82) is 0 Å². The molecule has 3 aliphatic heterocycles. The average molecular weight is 313 g/mol. The molecule has 0 aliphatic carbocycles. The standard InChI is InChI=1S/C19H27N3O/c1-21(17-11-15-8-9-16(12-17)20-15)13-19(23)22-10-4-6-14-5-2-3-7-18(14)22/h2-3,5,7,15-17,20H,4,6,8-13H2,1H3. The van der Waals surface area contributed by atoms with Gasteiger partial charge in [0.2, 0.25) is 5.91 Å². The number of carbonyl (C=O) groups excluding carboxylic acids is 1. The molecule has 4 nitrogen and oxygen atoms in total. The third-order valence-electron chi connectivity index (χ3n) is 5.87. The topological polar surface area (TPSA) is 35.6 Å². The summed E-state index contributed by atoms with van der Waals surface area (Å²) in [5.74, 6) is 0.255. The Morgan fingerprint density at radius 3 is 2.78 bits per heavy atom. The quantitative estimate of drug-likeness (QED) is 0.929. The molecule has 1 N–H and O–H groups in total. The van der Waals surface area contributed by atoms with Crippen LogP contribution >= 0.6 is 0 Å². The van der Waals surface area contributed by atoms with Crippen LogP contribution in [-0.4, -0.2) is 49.1 Å². The molecule has 1 aromatic carbocycles. The number of carbonyl (C=O) groups is 1. The van der Waals surface area contributed by atoms with Crippen LogP contribution in [0.25, 0.3) is 0 Å². The molecule has 2 bridgehead atoms. The number of piperidine rings is 1. The van der Waals surface area contributed by atoms with E-state index in [0.717, 1.165) is 25.1 Å². The zero-order valence-electron chi connectivity index (χ0n) is 14.0. The molecule has 0 radical (unpaired) electrons. The maximum Gasteiger partial charge on any atom is 0.241 e. The zero-order chi connectivity index (χ0) is 15.8. The monoisotopic (exact) mass is 313 g/mol. The van der Waals surface area contributed by atoms with Gasteiger partial charge in [0.05, 0.1) is 6.54 Å². The van der Waals surface area contributed by atoms with Crippen molar-refractivity contribution in [3.8, 4) is 0 Å². The van der Waals surface area contributed by atoms with Gasteiger partial charge in [0.25, 0.3) is 0 Å². The van der Waals surface area contributed by atoms with Crippen molar-refractivity contribution in [2.24, 2.45) is 0 Å². The van der Waals surface area contributed by atoms with E-state index in [1.54, 1.807) is 0 Å². The van der Waals surface area contributed by atoms with Gasteiger partial charge in [-0.05, 0) is 57.2 Å². The first-order chi connectivity index (χ1) is 11.2. The second-order valence-corrected chi connectivity index (χ2v) is 7.46. The van der Waals surface area contributed by atoms with Gasteiger partial charge in [-0.3, -0.25) is 9.69 Å². The van der Waals surface area contributed by atoms with Gasteiger partial charge >= 0.3 is 0 Å². The van der Waals surface area contributed by atoms with Crippen LogP contribution in [0.1, 0.15) is 37.7 Å². The molecule has 4 rings (SSSR count). The van der Waals surface area contributed by atoms with Gasteiger partial charge in [0.1, 0.15) is 0 Å². The number of rotatable bonds is 3. The molecule has 3 heterocycles. The third kappa shape index (κ3) is 3.02. The number of anilines is 1. The van der Waals surface area contributed by atoms with E-state index in [9.17, 15) is 4.79 Å². The predicted octanol–water partition coefficient (Wildman–Crippen LogP) is 2.18. The lowest BCUT2D eigenvalue weighted by Crippen LogP contribution is -2.50. The van der Waals surface area contributed by atoms with Crippen molar-refractivity contribution >= 4 is 11.6 Å². The number of nitrogens with one attached hydrogen (secondary N) is 1. The lowest BCUT2D eigenvalue weighted by Gasteiger charge is -2.37. The van der Waals surface area contributed by atoms with Gasteiger partial charge in [0, 0.05) is 30.4 Å². The van der Waals surface area contributed by atoms with Gasteiger partial charge in [0.15, 0.2) is 0 Å². The number of hydrogen-bond donors (Lipinski definition) is 1. The van der Waals surface area contributed by atoms with Crippen molar-refractivity contribution in [1.82, 2.24) is 10.2 Å². The smallest absolute Gasteiger partial charge is 0.241 e. The van der Waals surface area contributed by atoms with Crippen LogP contribution in [0.3, 0.4) is 0 Å². The fourth-order valence-electron chi connectivity index (χ4n) is 4.61. The molecule has 2 atom stereocenters. The molecule has 2 unspecified atom stereocenters. The van der Waals surface area contributed by atoms with Crippen molar-refractivity contribution in [3.63, 3.8) is 0 Å². The third-order valence-corrected chi connectivity index (χ3v) is 5.87. The summed E-state index contributed by atoms with van der Waals surface area (Å²) in [6.07, 6.45) is 7.16. The maximum absolute atomic E-state index is 12.9. The summed E-state index contributed by atoms with van der Waals surface area (Å²) >= 11 is 0. The highest BCUT2D eigenvalue weighted by molar-refractivity contribution is 5.95. The number of amides is 1. The van der Waals surface area contributed by atoms with E-state index >= 15 is 0 Å². The van der Waals surface area contributed by atoms with Crippen LogP contribution in [0.2, 0.25) is 0 Å². The van der Waals surface area contributed by atoms with Gasteiger partial charge < -0.3 is 10.2 Å². The molecule has 1 amide bonds. The molecule has 2 fully saturated rings. The molecule has 124 valence electrons. The number of aryl methyl sites for hydroxylation is 1. The Hall–Kier alpha value is -1.39. The Bertz CT molecular complexity index is 576. The van der Waals surface area contributed by atoms with Crippen molar-refractivity contribution in [2.45, 2.75) is 56.7 Å². The first-order valence-corrected chi connectivity index (χ1v) is 9.05. The van der Waals surface area contributed by atoms with E-state index < -0.39 is 0 Å². The molecule has 0 spiro atoms. The molecule has 1 aromatic rings. The highest BCUT2D eigenvalue weighted by Crippen LogP contribution is 2.30. The SMILES string of the molecule is CN(CC(=O)N1CCCc2ccccc21)C1CC2CCC(C1)N2. The van der Waals surface area contributed by atoms with Crippen LogP contribution in [0, 0.1) is 0 Å². The maximum atomic E-state index is 12.9. The van der Waals surface area contributed by atoms with Gasteiger partial charge in [-0.2, -0.15) is 0 Å². The minimum absolute atomic E-state index is 0.255. The highest BCUT2D eigenvalue weighted by Gasteiger charge is 2.36. The van der Waals surface area contributed by atoms with Crippen LogP contribution in [0.4, 0.5) is 5.69 Å². The first kappa shape index (κ1) is 15.2. The van der Waals surface area contributed by atoms with E-state index in [-0.39, 0.29) is 5.91 Å². The molecule has 4 heteroatoms. The summed E-state index contributed by atoms with van der Waals surface area (Å²) in [5, 5.41) is 3.68. The van der Waals surface area contributed by atoms with E-state index in [1.165, 1.54) is 31.2 Å². The minimum atomic E-state index is 0.255. The molecule has 3 aliphatic rings. The van der Waals surface area contributed by atoms with Crippen LogP contribution in [0.5, 0.6) is 0 Å². The first-order valence-electron chi connectivity index (χ1n) is 9.05. The van der Waals surface area contributed by atoms with E-state index in [0.29, 0.717) is 24.7 Å². The predicted molar refractivity (Wildman–Crippen MR) is 92.7 cm³/mol. The molecule has 0 aromatic heterocycles. The fourth-order valence-corrected chi connectivity index (χ4v) is 4.61. The summed E-state index contributed by atoms with van der Waals surface area (Å²) < 4.78 is 0. The number of fused-ring (bicyclic) bond motifs is 3. The molecular weight excluding hydrogens is 286 g/mol. The second kappa shape index (κ2) is 6.25. The van der Waals surface area contributed by atoms with Gasteiger partial charge in [-0.15, -0.1) is 0 Å². The fraction of sp³-hybridized carbons (Fsp3) is 0.632. The molecule has 0 saturated carbocycles. The Balaban J connectivity index is 1.42. The van der Waals surface area contributed by atoms with Crippen LogP contribution in [-0.2, 0) is 11.2 Å². The van der Waals surface area contributed by atoms with Gasteiger partial charge in [-0.1, -0.05) is 18.2 Å². The Kier molecular flexibility index (Phi) is 4.12. The van der Waals surface area contributed by atoms with Crippen LogP contribution in [0.15, 0.2) is 24.3 Å². The van der Waals surface area contributed by atoms with Gasteiger partial charge in [-0.25, -0.2) is 0 Å². The Labute approximate surface area is 138 Å². The summed E-state index contributed by atoms with van der Waals surface area (Å²) in [7, 11) is 2.13. The molecule has 2 saturated heterocycles.